The second-order valence-corrected chi connectivity index (χ2v) is 8.66. The van der Waals surface area contributed by atoms with Gasteiger partial charge >= 0.3 is 12.4 Å². The van der Waals surface area contributed by atoms with Gasteiger partial charge in [-0.05, 0) is 42.8 Å². The average Bonchev–Trinajstić information content (AvgIpc) is 3.21. The first kappa shape index (κ1) is 23.9. The Kier molecular flexibility index (Phi) is 4.87. The second-order valence-electron chi connectivity index (χ2n) is 8.66. The lowest BCUT2D eigenvalue weighted by Gasteiger charge is -2.39. The summed E-state index contributed by atoms with van der Waals surface area (Å²) < 4.78 is 87.2. The Morgan fingerprint density at radius 1 is 0.917 bits per heavy atom. The van der Waals surface area contributed by atoms with E-state index in [1.807, 2.05) is 0 Å². The molecule has 0 fully saturated rings. The third-order valence-electron chi connectivity index (χ3n) is 6.47. The lowest BCUT2D eigenvalue weighted by Crippen LogP contribution is -2.58. The average molecular weight is 510 g/mol. The highest BCUT2D eigenvalue weighted by Crippen LogP contribution is 2.50. The highest BCUT2D eigenvalue weighted by Gasteiger charge is 2.58. The number of amides is 1. The summed E-state index contributed by atoms with van der Waals surface area (Å²) in [6.07, 6.45) is -9.72. The van der Waals surface area contributed by atoms with Crippen LogP contribution < -0.4 is 9.64 Å². The highest BCUT2D eigenvalue weighted by molar-refractivity contribution is 6.20. The van der Waals surface area contributed by atoms with E-state index in [1.165, 1.54) is 0 Å². The third kappa shape index (κ3) is 3.23. The molecule has 3 aromatic rings. The van der Waals surface area contributed by atoms with Gasteiger partial charge in [-0.25, -0.2) is 0 Å². The van der Waals surface area contributed by atoms with Crippen molar-refractivity contribution in [3.63, 3.8) is 0 Å². The zero-order valence-corrected chi connectivity index (χ0v) is 18.7. The fraction of sp³-hybridized carbons (Fsp3) is 0.292. The Labute approximate surface area is 199 Å². The molecule has 0 aliphatic carbocycles. The minimum Gasteiger partial charge on any atom is -0.457 e. The van der Waals surface area contributed by atoms with Crippen LogP contribution in [0.1, 0.15) is 52.2 Å². The van der Waals surface area contributed by atoms with Crippen molar-refractivity contribution in [2.45, 2.75) is 44.8 Å². The summed E-state index contributed by atoms with van der Waals surface area (Å²) in [5.41, 5.74) is -4.46. The summed E-state index contributed by atoms with van der Waals surface area (Å²) >= 11 is 0. The van der Waals surface area contributed by atoms with E-state index in [9.17, 15) is 40.7 Å². The number of anilines is 1. The molecule has 1 unspecified atom stereocenters. The monoisotopic (exact) mass is 510 g/mol. The van der Waals surface area contributed by atoms with E-state index in [0.717, 1.165) is 53.6 Å². The molecule has 0 N–H and O–H groups in total. The van der Waals surface area contributed by atoms with Gasteiger partial charge in [0.2, 0.25) is 17.6 Å². The van der Waals surface area contributed by atoms with Crippen LogP contribution in [-0.4, -0.2) is 27.9 Å². The molecule has 3 heterocycles. The Morgan fingerprint density at radius 2 is 1.53 bits per heavy atom. The lowest BCUT2D eigenvalue weighted by atomic mass is 9.95. The third-order valence-corrected chi connectivity index (χ3v) is 6.47. The van der Waals surface area contributed by atoms with Crippen LogP contribution >= 0.6 is 0 Å². The van der Waals surface area contributed by atoms with Crippen LogP contribution in [0.4, 0.5) is 32.0 Å². The van der Waals surface area contributed by atoms with Crippen LogP contribution in [-0.2, 0) is 23.6 Å². The minimum absolute atomic E-state index is 0.0689. The summed E-state index contributed by atoms with van der Waals surface area (Å²) in [5, 5.41) is 0.0931. The van der Waals surface area contributed by atoms with Crippen molar-refractivity contribution in [2.75, 3.05) is 4.90 Å². The fourth-order valence-corrected chi connectivity index (χ4v) is 5.03. The predicted molar refractivity (Wildman–Crippen MR) is 114 cm³/mol. The number of ether oxygens (including phenoxy) is 1. The zero-order valence-electron chi connectivity index (χ0n) is 18.7. The number of benzene rings is 2. The Morgan fingerprint density at radius 3 is 2.11 bits per heavy atom. The van der Waals surface area contributed by atoms with Gasteiger partial charge in [0.05, 0.1) is 28.0 Å². The van der Waals surface area contributed by atoms with Gasteiger partial charge in [-0.15, -0.1) is 0 Å². The van der Waals surface area contributed by atoms with Crippen molar-refractivity contribution in [3.8, 4) is 5.75 Å². The van der Waals surface area contributed by atoms with Gasteiger partial charge in [0.25, 0.3) is 5.72 Å². The van der Waals surface area contributed by atoms with E-state index in [1.54, 1.807) is 0 Å². The number of rotatable bonds is 0. The normalized spacial score (nSPS) is 19.4. The summed E-state index contributed by atoms with van der Waals surface area (Å²) in [7, 11) is 0. The Hall–Kier alpha value is -3.83. The molecule has 5 rings (SSSR count). The van der Waals surface area contributed by atoms with Gasteiger partial charge < -0.3 is 4.74 Å². The van der Waals surface area contributed by atoms with Gasteiger partial charge in [-0.3, -0.25) is 23.9 Å². The van der Waals surface area contributed by atoms with E-state index in [-0.39, 0.29) is 46.4 Å². The first-order valence-electron chi connectivity index (χ1n) is 10.7. The molecule has 0 saturated heterocycles. The maximum atomic E-state index is 13.5. The Balaban J connectivity index is 1.71. The SMILES string of the molecule is CC(=O)N1c2cc(C(F)(F)F)ccc2C(=O)C12CCc1c(c3ccc(C(F)(F)F)cc3n1C(C)=O)O2. The number of hydrogen-bond donors (Lipinski definition) is 0. The molecule has 12 heteroatoms. The second kappa shape index (κ2) is 7.34. The number of carbonyl (C=O) groups excluding carboxylic acids is 3. The first-order valence-corrected chi connectivity index (χ1v) is 10.7. The summed E-state index contributed by atoms with van der Waals surface area (Å²) in [6.45, 7) is 2.22. The Bertz CT molecular complexity index is 1490. The van der Waals surface area contributed by atoms with Crippen molar-refractivity contribution >= 4 is 34.2 Å². The van der Waals surface area contributed by atoms with Gasteiger partial charge in [0, 0.05) is 31.2 Å². The van der Waals surface area contributed by atoms with Crippen LogP contribution in [0.2, 0.25) is 0 Å². The maximum Gasteiger partial charge on any atom is 0.416 e. The molecule has 0 bridgehead atoms. The molecule has 1 amide bonds. The molecule has 1 atom stereocenters. The first-order chi connectivity index (χ1) is 16.7. The van der Waals surface area contributed by atoms with Crippen molar-refractivity contribution in [1.29, 1.82) is 0 Å². The molecule has 0 saturated carbocycles. The van der Waals surface area contributed by atoms with Gasteiger partial charge in [0.15, 0.2) is 5.75 Å². The van der Waals surface area contributed by atoms with Crippen LogP contribution in [0.3, 0.4) is 0 Å². The number of Topliss-reactive ketones (excluding diaryl/α,β-unsaturated/α-hetero) is 1. The molecular formula is C24H16F6N2O4. The van der Waals surface area contributed by atoms with Crippen LogP contribution in [0, 0.1) is 0 Å². The summed E-state index contributed by atoms with van der Waals surface area (Å²) in [5.74, 6) is -2.20. The smallest absolute Gasteiger partial charge is 0.416 e. The van der Waals surface area contributed by atoms with E-state index in [0.29, 0.717) is 6.07 Å². The molecular weight excluding hydrogens is 494 g/mol. The van der Waals surface area contributed by atoms with Crippen molar-refractivity contribution in [2.24, 2.45) is 0 Å². The molecule has 2 aliphatic rings. The van der Waals surface area contributed by atoms with Crippen LogP contribution in [0.5, 0.6) is 5.75 Å². The van der Waals surface area contributed by atoms with Crippen LogP contribution in [0.25, 0.3) is 10.9 Å². The molecule has 6 nitrogen and oxygen atoms in total. The van der Waals surface area contributed by atoms with E-state index < -0.39 is 46.8 Å². The van der Waals surface area contributed by atoms with Gasteiger partial charge in [-0.1, -0.05) is 0 Å². The standard InChI is InChI=1S/C24H16F6N2O4/c1-11(33)31-17-7-8-22(36-20(17)15-5-3-13(9-18(15)31)23(25,26)27)21(35)16-6-4-14(24(28,29)30)10-19(16)32(22)12(2)34/h3-6,9-10H,7-8H2,1-2H3. The number of fused-ring (bicyclic) bond motifs is 4. The summed E-state index contributed by atoms with van der Waals surface area (Å²) in [6, 6.07) is 5.07. The van der Waals surface area contributed by atoms with Crippen molar-refractivity contribution in [3.05, 3.63) is 58.8 Å². The highest BCUT2D eigenvalue weighted by atomic mass is 19.4. The van der Waals surface area contributed by atoms with Gasteiger partial charge in [-0.2, -0.15) is 26.3 Å². The molecule has 0 radical (unpaired) electrons. The zero-order chi connectivity index (χ0) is 26.4. The molecule has 2 aliphatic heterocycles. The van der Waals surface area contributed by atoms with Crippen molar-refractivity contribution in [1.82, 2.24) is 4.57 Å². The molecule has 1 aromatic heterocycles. The largest absolute Gasteiger partial charge is 0.457 e. The quantitative estimate of drug-likeness (QED) is 0.369. The number of alkyl halides is 6. The lowest BCUT2D eigenvalue weighted by molar-refractivity contribution is -0.138. The number of ketones is 1. The van der Waals surface area contributed by atoms with E-state index in [4.69, 9.17) is 4.74 Å². The molecule has 188 valence electrons. The molecule has 1 spiro atoms. The molecule has 36 heavy (non-hydrogen) atoms. The number of hydrogen-bond acceptors (Lipinski definition) is 4. The number of halogens is 6. The van der Waals surface area contributed by atoms with E-state index >= 15 is 0 Å². The summed E-state index contributed by atoms with van der Waals surface area (Å²) in [4.78, 5) is 39.4. The number of aromatic nitrogens is 1. The van der Waals surface area contributed by atoms with Crippen LogP contribution in [0.15, 0.2) is 36.4 Å². The van der Waals surface area contributed by atoms with Crippen molar-refractivity contribution < 1.29 is 45.5 Å². The minimum atomic E-state index is -4.73. The topological polar surface area (TPSA) is 68.6 Å². The number of nitrogens with zero attached hydrogens (tertiary/aromatic N) is 2. The molecule has 2 aromatic carbocycles. The van der Waals surface area contributed by atoms with E-state index in [2.05, 4.69) is 0 Å². The number of carbonyl (C=O) groups is 3. The fourth-order valence-electron chi connectivity index (χ4n) is 5.03. The predicted octanol–water partition coefficient (Wildman–Crippen LogP) is 5.61. The van der Waals surface area contributed by atoms with Gasteiger partial charge in [0.1, 0.15) is 0 Å². The maximum absolute atomic E-state index is 13.5.